The molecule has 1 aliphatic heterocycles. The van der Waals surface area contributed by atoms with Crippen LogP contribution in [-0.4, -0.2) is 42.8 Å². The summed E-state index contributed by atoms with van der Waals surface area (Å²) in [6, 6.07) is 5.44. The van der Waals surface area contributed by atoms with Crippen molar-refractivity contribution in [3.05, 3.63) is 40.9 Å². The molecule has 0 saturated heterocycles. The lowest BCUT2D eigenvalue weighted by molar-refractivity contribution is -0.560. The zero-order valence-corrected chi connectivity index (χ0v) is 12.3. The molecule has 1 atom stereocenters. The Bertz CT molecular complexity index is 625. The molecule has 0 aliphatic carbocycles. The van der Waals surface area contributed by atoms with E-state index in [1.807, 2.05) is 0 Å². The number of rotatable bonds is 2. The molecule has 0 fully saturated rings. The second-order valence-corrected chi connectivity index (χ2v) is 5.73. The maximum absolute atomic E-state index is 13.1. The maximum atomic E-state index is 13.1. The van der Waals surface area contributed by atoms with Crippen molar-refractivity contribution < 1.29 is 19.5 Å². The third-order valence-electron chi connectivity index (χ3n) is 4.07. The molecule has 0 bridgehead atoms. The van der Waals surface area contributed by atoms with Crippen molar-refractivity contribution in [1.29, 1.82) is 0 Å². The first-order valence-corrected chi connectivity index (χ1v) is 6.46. The van der Waals surface area contributed by atoms with Crippen LogP contribution in [0.1, 0.15) is 33.3 Å². The number of halogens is 1. The summed E-state index contributed by atoms with van der Waals surface area (Å²) in [5, 5.41) is 36.1. The van der Waals surface area contributed by atoms with E-state index < -0.39 is 17.0 Å². The molecule has 0 amide bonds. The fourth-order valence-electron chi connectivity index (χ4n) is 2.67. The van der Waals surface area contributed by atoms with Crippen molar-refractivity contribution in [2.75, 3.05) is 0 Å². The van der Waals surface area contributed by atoms with Gasteiger partial charge in [-0.2, -0.15) is 4.74 Å². The Morgan fingerprint density at radius 2 is 1.81 bits per heavy atom. The van der Waals surface area contributed by atoms with Crippen LogP contribution in [0.4, 0.5) is 4.39 Å². The van der Waals surface area contributed by atoms with Crippen LogP contribution in [0.5, 0.6) is 0 Å². The van der Waals surface area contributed by atoms with Gasteiger partial charge >= 0.3 is 0 Å². The normalized spacial score (nSPS) is 26.5. The Hall–Kier alpha value is -1.99. The van der Waals surface area contributed by atoms with E-state index in [0.29, 0.717) is 10.3 Å². The molecule has 0 unspecified atom stereocenters. The monoisotopic (exact) mass is 295 g/mol. The molecule has 0 aromatic heterocycles. The molecule has 7 heteroatoms. The molecule has 1 aromatic carbocycles. The summed E-state index contributed by atoms with van der Waals surface area (Å²) >= 11 is 0. The van der Waals surface area contributed by atoms with Crippen LogP contribution in [0.2, 0.25) is 0 Å². The van der Waals surface area contributed by atoms with Crippen molar-refractivity contribution in [2.24, 2.45) is 5.16 Å². The van der Waals surface area contributed by atoms with Gasteiger partial charge in [-0.1, -0.05) is 5.16 Å². The third kappa shape index (κ3) is 2.00. The van der Waals surface area contributed by atoms with Crippen LogP contribution < -0.4 is 0 Å². The highest BCUT2D eigenvalue weighted by molar-refractivity contribution is 6.06. The first-order valence-electron chi connectivity index (χ1n) is 6.46. The standard InChI is InChI=1S/C14H18FN3O3/c1-9(16-19)14(4)17(20)12(13(2,3)18(14)21)10-5-7-11(15)8-6-10/h5-8,19,21H,1-4H3/b16-9-/t14-/m0/s1. The summed E-state index contributed by atoms with van der Waals surface area (Å²) in [4.78, 5) is 0. The number of hydroxylamine groups is 3. The van der Waals surface area contributed by atoms with Crippen LogP contribution in [0, 0.1) is 11.0 Å². The summed E-state index contributed by atoms with van der Waals surface area (Å²) in [5.41, 5.74) is -1.78. The Morgan fingerprint density at radius 1 is 1.29 bits per heavy atom. The Balaban J connectivity index is 2.70. The molecule has 1 heterocycles. The van der Waals surface area contributed by atoms with Gasteiger partial charge in [0.1, 0.15) is 17.1 Å². The van der Waals surface area contributed by atoms with Gasteiger partial charge in [-0.05, 0) is 45.0 Å². The number of nitrogens with zero attached hydrogens (tertiary/aromatic N) is 3. The number of benzene rings is 1. The molecule has 1 aromatic rings. The van der Waals surface area contributed by atoms with E-state index in [9.17, 15) is 14.8 Å². The van der Waals surface area contributed by atoms with Gasteiger partial charge in [-0.3, -0.25) is 0 Å². The zero-order chi connectivity index (χ0) is 16.0. The minimum Gasteiger partial charge on any atom is -0.622 e. The Labute approximate surface area is 122 Å². The highest BCUT2D eigenvalue weighted by Crippen LogP contribution is 2.36. The molecule has 2 rings (SSSR count). The summed E-state index contributed by atoms with van der Waals surface area (Å²) in [6.45, 7) is 6.21. The Kier molecular flexibility index (Phi) is 3.51. The average molecular weight is 295 g/mol. The van der Waals surface area contributed by atoms with Crippen molar-refractivity contribution in [1.82, 2.24) is 5.06 Å². The Morgan fingerprint density at radius 3 is 2.29 bits per heavy atom. The van der Waals surface area contributed by atoms with Crippen molar-refractivity contribution in [3.8, 4) is 0 Å². The molecule has 114 valence electrons. The van der Waals surface area contributed by atoms with Crippen LogP contribution in [0.25, 0.3) is 0 Å². The topological polar surface area (TPSA) is 82.1 Å². The molecular weight excluding hydrogens is 277 g/mol. The van der Waals surface area contributed by atoms with Gasteiger partial charge < -0.3 is 15.6 Å². The number of hydrogen-bond acceptors (Lipinski definition) is 5. The van der Waals surface area contributed by atoms with Gasteiger partial charge in [-0.15, -0.1) is 5.06 Å². The SMILES string of the molecule is C/C(=N/O)[C@]1(C)N(O)C(C)(C)C(c2ccc(F)cc2)=[N+]1[O-]. The molecule has 0 saturated carbocycles. The lowest BCUT2D eigenvalue weighted by atomic mass is 9.92. The van der Waals surface area contributed by atoms with E-state index in [-0.39, 0.29) is 11.4 Å². The lowest BCUT2D eigenvalue weighted by Gasteiger charge is -2.32. The van der Waals surface area contributed by atoms with Crippen LogP contribution >= 0.6 is 0 Å². The molecule has 21 heavy (non-hydrogen) atoms. The van der Waals surface area contributed by atoms with Gasteiger partial charge in [0.15, 0.2) is 0 Å². The van der Waals surface area contributed by atoms with E-state index in [1.165, 1.54) is 38.1 Å². The molecular formula is C14H18FN3O3. The van der Waals surface area contributed by atoms with Crippen molar-refractivity contribution in [3.63, 3.8) is 0 Å². The van der Waals surface area contributed by atoms with Crippen molar-refractivity contribution in [2.45, 2.75) is 38.9 Å². The van der Waals surface area contributed by atoms with E-state index in [1.54, 1.807) is 13.8 Å². The van der Waals surface area contributed by atoms with E-state index in [2.05, 4.69) is 5.16 Å². The van der Waals surface area contributed by atoms with Gasteiger partial charge in [-0.25, -0.2) is 4.39 Å². The second kappa shape index (κ2) is 4.78. The largest absolute Gasteiger partial charge is 0.622 e. The fourth-order valence-corrected chi connectivity index (χ4v) is 2.67. The first-order chi connectivity index (χ1) is 9.67. The second-order valence-electron chi connectivity index (χ2n) is 5.73. The van der Waals surface area contributed by atoms with E-state index in [4.69, 9.17) is 5.21 Å². The predicted octanol–water partition coefficient (Wildman–Crippen LogP) is 2.17. The maximum Gasteiger partial charge on any atom is 0.290 e. The first kappa shape index (κ1) is 15.4. The van der Waals surface area contributed by atoms with E-state index in [0.717, 1.165) is 5.06 Å². The average Bonchev–Trinajstić information content (AvgIpc) is 2.58. The highest BCUT2D eigenvalue weighted by atomic mass is 19.1. The summed E-state index contributed by atoms with van der Waals surface area (Å²) in [6.07, 6.45) is 0. The predicted molar refractivity (Wildman–Crippen MR) is 75.1 cm³/mol. The summed E-state index contributed by atoms with van der Waals surface area (Å²) < 4.78 is 13.7. The smallest absolute Gasteiger partial charge is 0.290 e. The van der Waals surface area contributed by atoms with Gasteiger partial charge in [0, 0.05) is 12.5 Å². The molecule has 6 nitrogen and oxygen atoms in total. The van der Waals surface area contributed by atoms with Crippen LogP contribution in [-0.2, 0) is 0 Å². The fraction of sp³-hybridized carbons (Fsp3) is 0.429. The lowest BCUT2D eigenvalue weighted by Crippen LogP contribution is -2.57. The third-order valence-corrected chi connectivity index (χ3v) is 4.07. The van der Waals surface area contributed by atoms with Crippen LogP contribution in [0.15, 0.2) is 29.4 Å². The number of oxime groups is 1. The number of hydrogen-bond donors (Lipinski definition) is 2. The molecule has 0 spiro atoms. The zero-order valence-electron chi connectivity index (χ0n) is 12.3. The summed E-state index contributed by atoms with van der Waals surface area (Å²) in [7, 11) is 0. The van der Waals surface area contributed by atoms with E-state index >= 15 is 0 Å². The minimum atomic E-state index is -1.54. The quantitative estimate of drug-likeness (QED) is 0.288. The van der Waals surface area contributed by atoms with Crippen LogP contribution in [0.3, 0.4) is 0 Å². The molecule has 1 aliphatic rings. The molecule has 0 radical (unpaired) electrons. The minimum absolute atomic E-state index is 0.0465. The summed E-state index contributed by atoms with van der Waals surface area (Å²) in [5.74, 6) is -0.413. The van der Waals surface area contributed by atoms with Gasteiger partial charge in [0.2, 0.25) is 5.71 Å². The van der Waals surface area contributed by atoms with Crippen molar-refractivity contribution >= 4 is 11.4 Å². The highest BCUT2D eigenvalue weighted by Gasteiger charge is 2.61. The van der Waals surface area contributed by atoms with Gasteiger partial charge in [0.05, 0.1) is 0 Å². The molecule has 2 N–H and O–H groups in total. The van der Waals surface area contributed by atoms with Gasteiger partial charge in [0.25, 0.3) is 5.66 Å².